The lowest BCUT2D eigenvalue weighted by Crippen LogP contribution is -2.40. The Bertz CT molecular complexity index is 335. The third kappa shape index (κ3) is 4.10. The van der Waals surface area contributed by atoms with Gasteiger partial charge in [0.15, 0.2) is 5.78 Å². The van der Waals surface area contributed by atoms with Gasteiger partial charge in [-0.15, -0.1) is 0 Å². The van der Waals surface area contributed by atoms with Crippen molar-refractivity contribution in [3.05, 3.63) is 11.6 Å². The minimum Gasteiger partial charge on any atom is -0.295 e. The van der Waals surface area contributed by atoms with E-state index >= 15 is 0 Å². The quantitative estimate of drug-likeness (QED) is 0.537. The Hall–Kier alpha value is -0.300. The number of rotatable bonds is 7. The van der Waals surface area contributed by atoms with E-state index in [9.17, 15) is 4.79 Å². The molecule has 20 heavy (non-hydrogen) atoms. The minimum absolute atomic E-state index is 0.233. The lowest BCUT2D eigenvalue weighted by Gasteiger charge is -2.47. The van der Waals surface area contributed by atoms with Crippen LogP contribution in [-0.4, -0.2) is 5.78 Å². The number of allylic oxidation sites excluding steroid dienone is 1. The molecule has 1 nitrogen and oxygen atoms in total. The van der Waals surface area contributed by atoms with E-state index in [0.29, 0.717) is 5.41 Å². The maximum absolute atomic E-state index is 11.8. The van der Waals surface area contributed by atoms with Crippen molar-refractivity contribution >= 4 is 17.4 Å². The van der Waals surface area contributed by atoms with E-state index in [2.05, 4.69) is 6.92 Å². The summed E-state index contributed by atoms with van der Waals surface area (Å²) in [4.78, 5) is 11.8. The normalized spacial score (nSPS) is 31.4. The summed E-state index contributed by atoms with van der Waals surface area (Å²) >= 11 is 5.49. The third-order valence-electron chi connectivity index (χ3n) is 5.78. The number of carbonyl (C=O) groups excluding carboxylic acids is 1. The Balaban J connectivity index is 1.69. The fourth-order valence-corrected chi connectivity index (χ4v) is 4.42. The molecule has 0 aromatic carbocycles. The van der Waals surface area contributed by atoms with Crippen LogP contribution >= 0.6 is 11.6 Å². The minimum atomic E-state index is 0.233. The molecule has 2 fully saturated rings. The first-order chi connectivity index (χ1) is 9.69. The molecule has 0 aromatic heterocycles. The van der Waals surface area contributed by atoms with E-state index in [0.717, 1.165) is 18.8 Å². The van der Waals surface area contributed by atoms with Crippen molar-refractivity contribution in [1.82, 2.24) is 0 Å². The van der Waals surface area contributed by atoms with Crippen LogP contribution in [0.5, 0.6) is 0 Å². The molecule has 2 heteroatoms. The summed E-state index contributed by atoms with van der Waals surface area (Å²) in [6.45, 7) is 2.29. The molecule has 0 saturated heterocycles. The van der Waals surface area contributed by atoms with Gasteiger partial charge in [0, 0.05) is 11.5 Å². The number of carbonyl (C=O) groups is 1. The lowest BCUT2D eigenvalue weighted by molar-refractivity contribution is -0.126. The summed E-state index contributed by atoms with van der Waals surface area (Å²) in [6.07, 6.45) is 16.3. The van der Waals surface area contributed by atoms with Gasteiger partial charge in [-0.3, -0.25) is 4.79 Å². The van der Waals surface area contributed by atoms with Crippen molar-refractivity contribution in [3.63, 3.8) is 0 Å². The molecule has 2 aliphatic rings. The van der Waals surface area contributed by atoms with Crippen molar-refractivity contribution in [3.8, 4) is 0 Å². The smallest absolute Gasteiger partial charge is 0.159 e. The van der Waals surface area contributed by atoms with Gasteiger partial charge in [0.2, 0.25) is 0 Å². The predicted molar refractivity (Wildman–Crippen MR) is 85.9 cm³/mol. The van der Waals surface area contributed by atoms with E-state index < -0.39 is 0 Å². The van der Waals surface area contributed by atoms with Gasteiger partial charge in [-0.1, -0.05) is 69.9 Å². The zero-order valence-corrected chi connectivity index (χ0v) is 13.6. The van der Waals surface area contributed by atoms with Crippen LogP contribution in [0, 0.1) is 17.3 Å². The molecule has 0 amide bonds. The summed E-state index contributed by atoms with van der Waals surface area (Å²) in [7, 11) is 0. The number of ketones is 1. The molecule has 2 aliphatic carbocycles. The summed E-state index contributed by atoms with van der Waals surface area (Å²) in [5, 5.41) is 0. The van der Waals surface area contributed by atoms with E-state index in [4.69, 9.17) is 11.6 Å². The summed E-state index contributed by atoms with van der Waals surface area (Å²) in [5.41, 5.74) is 1.83. The van der Waals surface area contributed by atoms with Crippen LogP contribution in [-0.2, 0) is 4.79 Å². The maximum atomic E-state index is 11.8. The van der Waals surface area contributed by atoms with Crippen molar-refractivity contribution in [2.45, 2.75) is 77.6 Å². The molecule has 0 spiro atoms. The highest BCUT2D eigenvalue weighted by Crippen LogP contribution is 2.52. The highest BCUT2D eigenvalue weighted by molar-refractivity contribution is 6.26. The van der Waals surface area contributed by atoms with Gasteiger partial charge in [0.05, 0.1) is 0 Å². The number of halogens is 1. The average Bonchev–Trinajstić information content (AvgIpc) is 2.43. The van der Waals surface area contributed by atoms with Crippen LogP contribution in [0.3, 0.4) is 0 Å². The molecule has 0 N–H and O–H groups in total. The topological polar surface area (TPSA) is 17.1 Å². The Morgan fingerprint density at radius 3 is 2.55 bits per heavy atom. The summed E-state index contributed by atoms with van der Waals surface area (Å²) in [6, 6.07) is 0. The van der Waals surface area contributed by atoms with Crippen LogP contribution in [0.2, 0.25) is 0 Å². The second-order valence-corrected chi connectivity index (χ2v) is 7.30. The van der Waals surface area contributed by atoms with Crippen LogP contribution in [0.25, 0.3) is 0 Å². The average molecular weight is 297 g/mol. The highest BCUT2D eigenvalue weighted by Gasteiger charge is 2.44. The monoisotopic (exact) mass is 296 g/mol. The molecular formula is C18H29ClO. The molecule has 114 valence electrons. The van der Waals surface area contributed by atoms with Crippen LogP contribution in [0.4, 0.5) is 0 Å². The molecule has 0 radical (unpaired) electrons. The first-order valence-corrected chi connectivity index (χ1v) is 8.93. The van der Waals surface area contributed by atoms with Crippen molar-refractivity contribution < 1.29 is 4.79 Å². The molecule has 0 unspecified atom stereocenters. The van der Waals surface area contributed by atoms with Gasteiger partial charge in [-0.25, -0.2) is 0 Å². The highest BCUT2D eigenvalue weighted by atomic mass is 35.5. The second kappa shape index (κ2) is 7.64. The van der Waals surface area contributed by atoms with Crippen molar-refractivity contribution in [2.75, 3.05) is 0 Å². The number of hydrogen-bond acceptors (Lipinski definition) is 1. The number of hydrogen-bond donors (Lipinski definition) is 0. The Morgan fingerprint density at radius 2 is 1.95 bits per heavy atom. The molecule has 0 aromatic rings. The molecule has 0 atom stereocenters. The van der Waals surface area contributed by atoms with E-state index in [1.54, 1.807) is 0 Å². The SMILES string of the molecule is CCC1(CCCC2CCCCC2)CC(C(=O)C=CCl)C1. The second-order valence-electron chi connectivity index (χ2n) is 7.05. The van der Waals surface area contributed by atoms with Crippen molar-refractivity contribution in [1.29, 1.82) is 0 Å². The van der Waals surface area contributed by atoms with E-state index in [-0.39, 0.29) is 11.7 Å². The standard InChI is InChI=1S/C18H29ClO/c1-2-18(13-16(14-18)17(20)10-12-19)11-6-9-15-7-4-3-5-8-15/h10,12,15-16H,2-9,11,13-14H2,1H3. The molecule has 0 bridgehead atoms. The van der Waals surface area contributed by atoms with E-state index in [1.165, 1.54) is 69.4 Å². The van der Waals surface area contributed by atoms with Crippen molar-refractivity contribution in [2.24, 2.45) is 17.3 Å². The van der Waals surface area contributed by atoms with Gasteiger partial charge in [-0.05, 0) is 36.7 Å². The molecule has 2 saturated carbocycles. The maximum Gasteiger partial charge on any atom is 0.159 e. The van der Waals surface area contributed by atoms with Crippen LogP contribution < -0.4 is 0 Å². The Morgan fingerprint density at radius 1 is 1.25 bits per heavy atom. The predicted octanol–water partition coefficient (Wildman–Crippen LogP) is 5.87. The zero-order chi connectivity index (χ0) is 14.4. The third-order valence-corrected chi connectivity index (χ3v) is 5.91. The Kier molecular flexibility index (Phi) is 6.14. The van der Waals surface area contributed by atoms with Gasteiger partial charge >= 0.3 is 0 Å². The zero-order valence-electron chi connectivity index (χ0n) is 12.9. The largest absolute Gasteiger partial charge is 0.295 e. The first kappa shape index (κ1) is 16.1. The van der Waals surface area contributed by atoms with Gasteiger partial charge in [0.1, 0.15) is 0 Å². The van der Waals surface area contributed by atoms with E-state index in [1.807, 2.05) is 0 Å². The van der Waals surface area contributed by atoms with Gasteiger partial charge < -0.3 is 0 Å². The van der Waals surface area contributed by atoms with Crippen LogP contribution in [0.15, 0.2) is 11.6 Å². The molecule has 2 rings (SSSR count). The summed E-state index contributed by atoms with van der Waals surface area (Å²) < 4.78 is 0. The lowest BCUT2D eigenvalue weighted by atomic mass is 9.57. The fourth-order valence-electron chi connectivity index (χ4n) is 4.30. The Labute approximate surface area is 129 Å². The fraction of sp³-hybridized carbons (Fsp3) is 0.833. The van der Waals surface area contributed by atoms with Crippen LogP contribution in [0.1, 0.15) is 77.6 Å². The first-order valence-electron chi connectivity index (χ1n) is 8.50. The molecular weight excluding hydrogens is 268 g/mol. The van der Waals surface area contributed by atoms with Gasteiger partial charge in [-0.2, -0.15) is 0 Å². The summed E-state index contributed by atoms with van der Waals surface area (Å²) in [5.74, 6) is 1.48. The molecule has 0 heterocycles. The van der Waals surface area contributed by atoms with Gasteiger partial charge in [0.25, 0.3) is 0 Å². The molecule has 0 aliphatic heterocycles.